The van der Waals surface area contributed by atoms with E-state index < -0.39 is 5.97 Å². The van der Waals surface area contributed by atoms with Crippen LogP contribution < -0.4 is 10.1 Å². The molecule has 0 heterocycles. The Bertz CT molecular complexity index is 522. The van der Waals surface area contributed by atoms with Gasteiger partial charge in [0.2, 0.25) is 0 Å². The fourth-order valence-corrected chi connectivity index (χ4v) is 1.54. The van der Waals surface area contributed by atoms with Crippen LogP contribution in [0.1, 0.15) is 18.9 Å². The average Bonchev–Trinajstić information content (AvgIpc) is 2.42. The predicted octanol–water partition coefficient (Wildman–Crippen LogP) is 1.16. The molecule has 0 radical (unpaired) electrons. The van der Waals surface area contributed by atoms with Crippen LogP contribution in [-0.2, 0) is 9.59 Å². The highest BCUT2D eigenvalue weighted by Gasteiger charge is 2.10. The highest BCUT2D eigenvalue weighted by Crippen LogP contribution is 2.16. The summed E-state index contributed by atoms with van der Waals surface area (Å²) in [4.78, 5) is 22.0. The molecular formula is C14H16N2O4. The normalized spacial score (nSPS) is 11.2. The topological polar surface area (TPSA) is 99.4 Å². The third-order valence-electron chi connectivity index (χ3n) is 2.54. The highest BCUT2D eigenvalue weighted by atomic mass is 16.5. The molecule has 0 aliphatic rings. The lowest BCUT2D eigenvalue weighted by Gasteiger charge is -2.11. The minimum absolute atomic E-state index is 0.00158. The third kappa shape index (κ3) is 5.40. The maximum atomic E-state index is 11.5. The fraction of sp³-hybridized carbons (Fsp3) is 0.357. The van der Waals surface area contributed by atoms with Crippen molar-refractivity contribution in [3.05, 3.63) is 29.8 Å². The van der Waals surface area contributed by atoms with Gasteiger partial charge in [-0.15, -0.1) is 0 Å². The number of nitriles is 1. The first-order valence-electron chi connectivity index (χ1n) is 6.13. The number of nitrogens with one attached hydrogen (secondary N) is 1. The van der Waals surface area contributed by atoms with Crippen molar-refractivity contribution in [2.75, 3.05) is 13.2 Å². The van der Waals surface area contributed by atoms with Crippen LogP contribution in [0.3, 0.4) is 0 Å². The van der Waals surface area contributed by atoms with E-state index >= 15 is 0 Å². The highest BCUT2D eigenvalue weighted by molar-refractivity contribution is 5.77. The molecule has 6 nitrogen and oxygen atoms in total. The van der Waals surface area contributed by atoms with Crippen molar-refractivity contribution in [3.63, 3.8) is 0 Å². The van der Waals surface area contributed by atoms with Gasteiger partial charge in [0.15, 0.2) is 6.61 Å². The van der Waals surface area contributed by atoms with Crippen LogP contribution in [-0.4, -0.2) is 30.1 Å². The molecule has 0 fully saturated rings. The number of rotatable bonds is 7. The molecule has 0 aliphatic heterocycles. The second-order valence-corrected chi connectivity index (χ2v) is 4.40. The Labute approximate surface area is 117 Å². The number of hydrogen-bond acceptors (Lipinski definition) is 4. The molecule has 0 spiro atoms. The number of carbonyl (C=O) groups is 2. The number of nitrogens with zero attached hydrogens (tertiary/aromatic N) is 1. The molecule has 106 valence electrons. The minimum Gasteiger partial charge on any atom is -0.482 e. The van der Waals surface area contributed by atoms with Gasteiger partial charge in [-0.3, -0.25) is 9.59 Å². The first kappa shape index (κ1) is 15.5. The largest absolute Gasteiger partial charge is 0.482 e. The quantitative estimate of drug-likeness (QED) is 0.778. The van der Waals surface area contributed by atoms with Gasteiger partial charge in [-0.1, -0.05) is 19.1 Å². The second-order valence-electron chi connectivity index (χ2n) is 4.40. The van der Waals surface area contributed by atoms with Gasteiger partial charge in [0.05, 0.1) is 5.56 Å². The van der Waals surface area contributed by atoms with Gasteiger partial charge in [-0.25, -0.2) is 0 Å². The van der Waals surface area contributed by atoms with Gasteiger partial charge in [-0.2, -0.15) is 5.26 Å². The molecule has 1 rings (SSSR count). The molecule has 1 unspecified atom stereocenters. The van der Waals surface area contributed by atoms with Gasteiger partial charge in [0.1, 0.15) is 11.8 Å². The molecule has 0 aliphatic carbocycles. The van der Waals surface area contributed by atoms with E-state index in [4.69, 9.17) is 15.1 Å². The van der Waals surface area contributed by atoms with E-state index in [0.29, 0.717) is 11.3 Å². The summed E-state index contributed by atoms with van der Waals surface area (Å²) in [7, 11) is 0. The molecule has 0 saturated carbocycles. The molecule has 2 N–H and O–H groups in total. The summed E-state index contributed by atoms with van der Waals surface area (Å²) in [6, 6.07) is 8.60. The lowest BCUT2D eigenvalue weighted by molar-refractivity contribution is -0.138. The van der Waals surface area contributed by atoms with E-state index in [0.717, 1.165) is 0 Å². The Morgan fingerprint density at radius 2 is 2.15 bits per heavy atom. The van der Waals surface area contributed by atoms with Crippen molar-refractivity contribution >= 4 is 11.9 Å². The van der Waals surface area contributed by atoms with Crippen molar-refractivity contribution in [2.45, 2.75) is 13.3 Å². The van der Waals surface area contributed by atoms with Crippen molar-refractivity contribution in [1.82, 2.24) is 5.32 Å². The smallest absolute Gasteiger partial charge is 0.303 e. The number of para-hydroxylation sites is 1. The monoisotopic (exact) mass is 276 g/mol. The van der Waals surface area contributed by atoms with Crippen LogP contribution >= 0.6 is 0 Å². The van der Waals surface area contributed by atoms with E-state index in [1.807, 2.05) is 6.07 Å². The van der Waals surface area contributed by atoms with E-state index in [2.05, 4.69) is 5.32 Å². The molecule has 1 aromatic rings. The Balaban J connectivity index is 2.37. The molecule has 0 bridgehead atoms. The predicted molar refractivity (Wildman–Crippen MR) is 71.1 cm³/mol. The number of benzene rings is 1. The summed E-state index contributed by atoms with van der Waals surface area (Å²) in [5.74, 6) is -1.05. The van der Waals surface area contributed by atoms with Crippen molar-refractivity contribution in [2.24, 2.45) is 5.92 Å². The summed E-state index contributed by atoms with van der Waals surface area (Å²) in [5, 5.41) is 20.0. The lowest BCUT2D eigenvalue weighted by atomic mass is 10.1. The minimum atomic E-state index is -0.897. The van der Waals surface area contributed by atoms with E-state index in [1.54, 1.807) is 31.2 Å². The first-order valence-corrected chi connectivity index (χ1v) is 6.13. The zero-order chi connectivity index (χ0) is 15.0. The second kappa shape index (κ2) is 7.79. The summed E-state index contributed by atoms with van der Waals surface area (Å²) in [6.45, 7) is 1.80. The molecule has 0 saturated heterocycles. The van der Waals surface area contributed by atoms with Gasteiger partial charge < -0.3 is 15.2 Å². The van der Waals surface area contributed by atoms with Crippen LogP contribution in [0.5, 0.6) is 5.75 Å². The summed E-state index contributed by atoms with van der Waals surface area (Å²) >= 11 is 0. The van der Waals surface area contributed by atoms with Gasteiger partial charge >= 0.3 is 5.97 Å². The maximum Gasteiger partial charge on any atom is 0.303 e. The van der Waals surface area contributed by atoms with Crippen LogP contribution in [0.25, 0.3) is 0 Å². The molecule has 1 aromatic carbocycles. The van der Waals surface area contributed by atoms with Crippen LogP contribution in [0.15, 0.2) is 24.3 Å². The average molecular weight is 276 g/mol. The lowest BCUT2D eigenvalue weighted by Crippen LogP contribution is -2.33. The Morgan fingerprint density at radius 1 is 1.45 bits per heavy atom. The van der Waals surface area contributed by atoms with E-state index in [9.17, 15) is 9.59 Å². The molecule has 20 heavy (non-hydrogen) atoms. The van der Waals surface area contributed by atoms with Gasteiger partial charge in [-0.05, 0) is 18.1 Å². The standard InChI is InChI=1S/C14H16N2O4/c1-10(6-14(18)19)8-16-13(17)9-20-12-5-3-2-4-11(12)7-15/h2-5,10H,6,8-9H2,1H3,(H,16,17)(H,18,19). The van der Waals surface area contributed by atoms with Crippen LogP contribution in [0, 0.1) is 17.2 Å². The SMILES string of the molecule is CC(CNC(=O)COc1ccccc1C#N)CC(=O)O. The molecule has 1 atom stereocenters. The Morgan fingerprint density at radius 3 is 2.80 bits per heavy atom. The number of carbonyl (C=O) groups excluding carboxylic acids is 1. The van der Waals surface area contributed by atoms with Crippen LogP contribution in [0.4, 0.5) is 0 Å². The summed E-state index contributed by atoms with van der Waals surface area (Å²) in [6.07, 6.45) is -0.00158. The molecular weight excluding hydrogens is 260 g/mol. The zero-order valence-corrected chi connectivity index (χ0v) is 11.1. The third-order valence-corrected chi connectivity index (χ3v) is 2.54. The van der Waals surface area contributed by atoms with Gasteiger partial charge in [0, 0.05) is 13.0 Å². The Kier molecular flexibility index (Phi) is 6.04. The Hall–Kier alpha value is -2.55. The number of carboxylic acid groups (broad SMARTS) is 1. The summed E-state index contributed by atoms with van der Waals surface area (Å²) in [5.41, 5.74) is 0.361. The molecule has 6 heteroatoms. The van der Waals surface area contributed by atoms with Gasteiger partial charge in [0.25, 0.3) is 5.91 Å². The number of ether oxygens (including phenoxy) is 1. The maximum absolute atomic E-state index is 11.5. The molecule has 1 amide bonds. The van der Waals surface area contributed by atoms with E-state index in [-0.39, 0.29) is 31.4 Å². The number of amides is 1. The number of aliphatic carboxylic acids is 1. The van der Waals surface area contributed by atoms with Crippen molar-refractivity contribution in [1.29, 1.82) is 5.26 Å². The van der Waals surface area contributed by atoms with Crippen molar-refractivity contribution < 1.29 is 19.4 Å². The number of carboxylic acids is 1. The first-order chi connectivity index (χ1) is 9.52. The van der Waals surface area contributed by atoms with E-state index in [1.165, 1.54) is 0 Å². The summed E-state index contributed by atoms with van der Waals surface area (Å²) < 4.78 is 5.25. The number of hydrogen-bond donors (Lipinski definition) is 2. The molecule has 0 aromatic heterocycles. The van der Waals surface area contributed by atoms with Crippen LogP contribution in [0.2, 0.25) is 0 Å². The zero-order valence-electron chi connectivity index (χ0n) is 11.1. The van der Waals surface area contributed by atoms with Crippen molar-refractivity contribution in [3.8, 4) is 11.8 Å². The fourth-order valence-electron chi connectivity index (χ4n) is 1.54.